The summed E-state index contributed by atoms with van der Waals surface area (Å²) in [5, 5.41) is 5.85. The first kappa shape index (κ1) is 26.8. The number of benzene rings is 4. The molecule has 4 aromatic carbocycles. The molecule has 0 saturated carbocycles. The Bertz CT molecular complexity index is 1350. The molecule has 3 amide bonds. The van der Waals surface area contributed by atoms with Crippen molar-refractivity contribution in [3.8, 4) is 17.2 Å². The molecule has 0 radical (unpaired) electrons. The summed E-state index contributed by atoms with van der Waals surface area (Å²) in [6.07, 6.45) is 0.546. The van der Waals surface area contributed by atoms with Gasteiger partial charge in [-0.25, -0.2) is 4.79 Å². The molecule has 2 N–H and O–H groups in total. The van der Waals surface area contributed by atoms with Gasteiger partial charge in [-0.05, 0) is 79.2 Å². The maximum Gasteiger partial charge on any atom is 0.326 e. The van der Waals surface area contributed by atoms with E-state index in [0.29, 0.717) is 47.9 Å². The second-order valence-electron chi connectivity index (χ2n) is 8.31. The minimum Gasteiger partial charge on any atom is -0.495 e. The Kier molecular flexibility index (Phi) is 9.37. The van der Waals surface area contributed by atoms with E-state index in [1.54, 1.807) is 36.3 Å². The summed E-state index contributed by atoms with van der Waals surface area (Å²) in [6, 6.07) is 30.9. The summed E-state index contributed by atoms with van der Waals surface area (Å²) in [6.45, 7) is 0.781. The smallest absolute Gasteiger partial charge is 0.326 e. The molecule has 194 valence electrons. The lowest BCUT2D eigenvalue weighted by Crippen LogP contribution is -2.37. The molecule has 38 heavy (non-hydrogen) atoms. The second-order valence-corrected chi connectivity index (χ2v) is 9.22. The topological polar surface area (TPSA) is 79.9 Å². The van der Waals surface area contributed by atoms with E-state index in [2.05, 4.69) is 26.6 Å². The van der Waals surface area contributed by atoms with Gasteiger partial charge in [0.1, 0.15) is 17.2 Å². The number of urea groups is 1. The van der Waals surface area contributed by atoms with Crippen LogP contribution in [0.1, 0.15) is 16.8 Å². The van der Waals surface area contributed by atoms with Crippen molar-refractivity contribution in [2.45, 2.75) is 6.42 Å². The quantitative estimate of drug-likeness (QED) is 0.198. The molecule has 0 aliphatic rings. The number of methoxy groups -OCH3 is 1. The van der Waals surface area contributed by atoms with Crippen molar-refractivity contribution in [3.05, 3.63) is 113 Å². The number of rotatable bonds is 10. The SMILES string of the molecule is COc1ccccc1NC(=O)N(CCCNC(=O)c1ccc(Br)cc1)c1ccc(Oc2ccccc2)cc1. The van der Waals surface area contributed by atoms with E-state index in [1.807, 2.05) is 78.9 Å². The van der Waals surface area contributed by atoms with Gasteiger partial charge in [-0.3, -0.25) is 9.69 Å². The fraction of sp³-hybridized carbons (Fsp3) is 0.133. The van der Waals surface area contributed by atoms with Crippen LogP contribution < -0.4 is 25.0 Å². The Morgan fingerprint density at radius 1 is 0.816 bits per heavy atom. The number of anilines is 2. The number of nitrogens with one attached hydrogen (secondary N) is 2. The molecule has 0 spiro atoms. The van der Waals surface area contributed by atoms with Crippen LogP contribution in [-0.4, -0.2) is 32.1 Å². The molecule has 0 fully saturated rings. The molecular formula is C30H28BrN3O4. The highest BCUT2D eigenvalue weighted by Gasteiger charge is 2.18. The van der Waals surface area contributed by atoms with E-state index in [-0.39, 0.29) is 11.9 Å². The molecule has 0 unspecified atom stereocenters. The van der Waals surface area contributed by atoms with Crippen molar-refractivity contribution >= 4 is 39.2 Å². The van der Waals surface area contributed by atoms with Crippen LogP contribution in [0.5, 0.6) is 17.2 Å². The van der Waals surface area contributed by atoms with Gasteiger partial charge in [-0.2, -0.15) is 0 Å². The maximum atomic E-state index is 13.4. The van der Waals surface area contributed by atoms with Gasteiger partial charge in [-0.15, -0.1) is 0 Å². The summed E-state index contributed by atoms with van der Waals surface area (Å²) < 4.78 is 12.2. The van der Waals surface area contributed by atoms with E-state index in [4.69, 9.17) is 9.47 Å². The molecule has 0 atom stereocenters. The van der Waals surface area contributed by atoms with Gasteiger partial charge < -0.3 is 20.1 Å². The van der Waals surface area contributed by atoms with Gasteiger partial charge in [0, 0.05) is 28.8 Å². The Morgan fingerprint density at radius 3 is 2.18 bits per heavy atom. The Labute approximate surface area is 230 Å². The predicted octanol–water partition coefficient (Wildman–Crippen LogP) is 7.11. The number of ether oxygens (including phenoxy) is 2. The maximum absolute atomic E-state index is 13.4. The monoisotopic (exact) mass is 573 g/mol. The van der Waals surface area contributed by atoms with Gasteiger partial charge in [0.2, 0.25) is 0 Å². The van der Waals surface area contributed by atoms with Crippen molar-refractivity contribution in [1.29, 1.82) is 0 Å². The van der Waals surface area contributed by atoms with Crippen LogP contribution in [0, 0.1) is 0 Å². The number of hydrogen-bond acceptors (Lipinski definition) is 4. The molecular weight excluding hydrogens is 546 g/mol. The third-order valence-electron chi connectivity index (χ3n) is 5.67. The molecule has 0 aliphatic carbocycles. The highest BCUT2D eigenvalue weighted by atomic mass is 79.9. The van der Waals surface area contributed by atoms with E-state index in [9.17, 15) is 9.59 Å². The first-order valence-electron chi connectivity index (χ1n) is 12.1. The van der Waals surface area contributed by atoms with Crippen molar-refractivity contribution in [1.82, 2.24) is 5.32 Å². The van der Waals surface area contributed by atoms with Crippen LogP contribution in [0.2, 0.25) is 0 Å². The highest BCUT2D eigenvalue weighted by Crippen LogP contribution is 2.27. The number of amides is 3. The van der Waals surface area contributed by atoms with Crippen LogP contribution in [0.4, 0.5) is 16.2 Å². The van der Waals surface area contributed by atoms with Gasteiger partial charge in [0.15, 0.2) is 0 Å². The van der Waals surface area contributed by atoms with Crippen molar-refractivity contribution in [2.75, 3.05) is 30.4 Å². The molecule has 0 saturated heterocycles. The number of halogens is 1. The zero-order valence-corrected chi connectivity index (χ0v) is 22.5. The van der Waals surface area contributed by atoms with Crippen LogP contribution in [0.15, 0.2) is 108 Å². The number of para-hydroxylation sites is 3. The van der Waals surface area contributed by atoms with Crippen LogP contribution in [-0.2, 0) is 0 Å². The highest BCUT2D eigenvalue weighted by molar-refractivity contribution is 9.10. The lowest BCUT2D eigenvalue weighted by molar-refractivity contribution is 0.0953. The summed E-state index contributed by atoms with van der Waals surface area (Å²) in [4.78, 5) is 27.5. The number of nitrogens with zero attached hydrogens (tertiary/aromatic N) is 1. The van der Waals surface area contributed by atoms with E-state index >= 15 is 0 Å². The summed E-state index contributed by atoms with van der Waals surface area (Å²) in [5.41, 5.74) is 1.84. The number of carbonyl (C=O) groups excluding carboxylic acids is 2. The van der Waals surface area contributed by atoms with Gasteiger partial charge >= 0.3 is 6.03 Å². The average molecular weight is 574 g/mol. The standard InChI is InChI=1S/C30H28BrN3O4/c1-37-28-11-6-5-10-27(28)33-30(36)34(21-7-20-32-29(35)22-12-14-23(31)15-13-22)24-16-18-26(19-17-24)38-25-8-3-2-4-9-25/h2-6,8-19H,7,20-21H2,1H3,(H,32,35)(H,33,36). The molecule has 0 aliphatic heterocycles. The fourth-order valence-electron chi connectivity index (χ4n) is 3.74. The minimum absolute atomic E-state index is 0.162. The van der Waals surface area contributed by atoms with Crippen molar-refractivity contribution in [2.24, 2.45) is 0 Å². The Morgan fingerprint density at radius 2 is 1.47 bits per heavy atom. The van der Waals surface area contributed by atoms with E-state index in [0.717, 1.165) is 10.2 Å². The third kappa shape index (κ3) is 7.36. The summed E-state index contributed by atoms with van der Waals surface area (Å²) >= 11 is 3.37. The van der Waals surface area contributed by atoms with E-state index in [1.165, 1.54) is 0 Å². The van der Waals surface area contributed by atoms with Crippen LogP contribution in [0.3, 0.4) is 0 Å². The van der Waals surface area contributed by atoms with Gasteiger partial charge in [-0.1, -0.05) is 46.3 Å². The predicted molar refractivity (Wildman–Crippen MR) is 153 cm³/mol. The normalized spacial score (nSPS) is 10.4. The molecule has 8 heteroatoms. The molecule has 7 nitrogen and oxygen atoms in total. The molecule has 0 bridgehead atoms. The van der Waals surface area contributed by atoms with Gasteiger partial charge in [0.05, 0.1) is 12.8 Å². The van der Waals surface area contributed by atoms with Crippen molar-refractivity contribution < 1.29 is 19.1 Å². The second kappa shape index (κ2) is 13.3. The van der Waals surface area contributed by atoms with Gasteiger partial charge in [0.25, 0.3) is 5.91 Å². The summed E-state index contributed by atoms with van der Waals surface area (Å²) in [5.74, 6) is 1.79. The Balaban J connectivity index is 1.44. The molecule has 4 rings (SSSR count). The third-order valence-corrected chi connectivity index (χ3v) is 6.20. The number of carbonyl (C=O) groups is 2. The summed E-state index contributed by atoms with van der Waals surface area (Å²) in [7, 11) is 1.56. The minimum atomic E-state index is -0.314. The lowest BCUT2D eigenvalue weighted by Gasteiger charge is -2.24. The zero-order chi connectivity index (χ0) is 26.7. The largest absolute Gasteiger partial charge is 0.495 e. The van der Waals surface area contributed by atoms with Crippen LogP contribution in [0.25, 0.3) is 0 Å². The fourth-order valence-corrected chi connectivity index (χ4v) is 4.00. The first-order chi connectivity index (χ1) is 18.5. The molecule has 0 heterocycles. The Hall–Kier alpha value is -4.30. The zero-order valence-electron chi connectivity index (χ0n) is 20.9. The average Bonchev–Trinajstić information content (AvgIpc) is 2.94. The van der Waals surface area contributed by atoms with E-state index < -0.39 is 0 Å². The number of hydrogen-bond donors (Lipinski definition) is 2. The molecule has 0 aromatic heterocycles. The van der Waals surface area contributed by atoms with Crippen LogP contribution >= 0.6 is 15.9 Å². The molecule has 4 aromatic rings. The van der Waals surface area contributed by atoms with Crippen molar-refractivity contribution in [3.63, 3.8) is 0 Å². The first-order valence-corrected chi connectivity index (χ1v) is 12.9. The lowest BCUT2D eigenvalue weighted by atomic mass is 10.2.